The quantitative estimate of drug-likeness (QED) is 0.516. The fourth-order valence-corrected chi connectivity index (χ4v) is 3.21. The van der Waals surface area contributed by atoms with Gasteiger partial charge in [0.1, 0.15) is 12.4 Å². The maximum atomic E-state index is 12.3. The van der Waals surface area contributed by atoms with E-state index in [-0.39, 0.29) is 28.8 Å². The first-order valence-electron chi connectivity index (χ1n) is 9.47. The molecule has 1 atom stereocenters. The first kappa shape index (κ1) is 21.0. The molecule has 0 bridgehead atoms. The molecule has 0 amide bonds. The molecule has 1 aromatic carbocycles. The van der Waals surface area contributed by atoms with Gasteiger partial charge in [-0.1, -0.05) is 78.0 Å². The summed E-state index contributed by atoms with van der Waals surface area (Å²) >= 11 is 0. The van der Waals surface area contributed by atoms with Gasteiger partial charge >= 0.3 is 5.97 Å². The van der Waals surface area contributed by atoms with Crippen molar-refractivity contribution in [2.75, 3.05) is 6.61 Å². The summed E-state index contributed by atoms with van der Waals surface area (Å²) in [6, 6.07) is 9.67. The van der Waals surface area contributed by atoms with Crippen LogP contribution in [0, 0.1) is 16.2 Å². The highest BCUT2D eigenvalue weighted by molar-refractivity contribution is 5.87. The smallest absolute Gasteiger partial charge is 0.330 e. The molecular formula is C24H32O3. The second-order valence-corrected chi connectivity index (χ2v) is 9.36. The number of esters is 1. The van der Waals surface area contributed by atoms with Crippen LogP contribution in [0.15, 0.2) is 59.9 Å². The molecule has 0 spiro atoms. The Hall–Kier alpha value is -2.29. The first-order valence-corrected chi connectivity index (χ1v) is 9.47. The Bertz CT molecular complexity index is 755. The SMILES string of the molecule is CC(C)(C)C1=CC(COC(=O)C=Cc2ccccc2)(C(C)(C)C)CC=C1O. The highest BCUT2D eigenvalue weighted by atomic mass is 16.5. The number of ether oxygens (including phenoxy) is 1. The standard InChI is InChI=1S/C24H32O3/c1-22(2,3)19-16-24(23(4,5)6,15-14-20(19)25)17-27-21(26)13-12-18-10-8-7-9-11-18/h7-14,16,25H,15,17H2,1-6H3. The van der Waals surface area contributed by atoms with Gasteiger partial charge in [0.05, 0.1) is 0 Å². The van der Waals surface area contributed by atoms with E-state index in [2.05, 4.69) is 47.6 Å². The molecule has 0 aromatic heterocycles. The third kappa shape index (κ3) is 5.12. The molecule has 0 heterocycles. The van der Waals surface area contributed by atoms with Gasteiger partial charge in [0.2, 0.25) is 0 Å². The topological polar surface area (TPSA) is 46.5 Å². The average Bonchev–Trinajstić information content (AvgIpc) is 2.58. The number of carbonyl (C=O) groups is 1. The molecule has 0 radical (unpaired) electrons. The predicted molar refractivity (Wildman–Crippen MR) is 111 cm³/mol. The van der Waals surface area contributed by atoms with E-state index in [0.29, 0.717) is 12.2 Å². The summed E-state index contributed by atoms with van der Waals surface area (Å²) in [5.74, 6) is -0.0235. The molecule has 0 fully saturated rings. The summed E-state index contributed by atoms with van der Waals surface area (Å²) in [6.45, 7) is 13.0. The zero-order chi connectivity index (χ0) is 20.3. The van der Waals surface area contributed by atoms with Crippen molar-refractivity contribution in [3.8, 4) is 0 Å². The zero-order valence-corrected chi connectivity index (χ0v) is 17.4. The number of aliphatic hydroxyl groups excluding tert-OH is 1. The molecule has 3 heteroatoms. The Morgan fingerprint density at radius 3 is 2.33 bits per heavy atom. The van der Waals surface area contributed by atoms with E-state index >= 15 is 0 Å². The molecule has 3 nitrogen and oxygen atoms in total. The molecule has 1 aliphatic rings. The van der Waals surface area contributed by atoms with Gasteiger partial charge in [-0.15, -0.1) is 0 Å². The number of hydrogen-bond acceptors (Lipinski definition) is 3. The summed E-state index contributed by atoms with van der Waals surface area (Å²) in [5, 5.41) is 10.4. The maximum absolute atomic E-state index is 12.3. The summed E-state index contributed by atoms with van der Waals surface area (Å²) in [6.07, 6.45) is 7.85. The molecule has 1 N–H and O–H groups in total. The summed E-state index contributed by atoms with van der Waals surface area (Å²) < 4.78 is 5.65. The van der Waals surface area contributed by atoms with Crippen LogP contribution in [0.1, 0.15) is 53.5 Å². The second-order valence-electron chi connectivity index (χ2n) is 9.36. The van der Waals surface area contributed by atoms with E-state index in [1.165, 1.54) is 6.08 Å². The molecule has 1 unspecified atom stereocenters. The fraction of sp³-hybridized carbons (Fsp3) is 0.458. The van der Waals surface area contributed by atoms with Gasteiger partial charge in [0.25, 0.3) is 0 Å². The van der Waals surface area contributed by atoms with Gasteiger partial charge in [-0.3, -0.25) is 0 Å². The number of carbonyl (C=O) groups excluding carboxylic acids is 1. The van der Waals surface area contributed by atoms with Crippen molar-refractivity contribution in [3.63, 3.8) is 0 Å². The monoisotopic (exact) mass is 368 g/mol. The van der Waals surface area contributed by atoms with Crippen LogP contribution in [-0.2, 0) is 9.53 Å². The number of hydrogen-bond donors (Lipinski definition) is 1. The molecule has 0 saturated carbocycles. The number of aliphatic hydroxyl groups is 1. The van der Waals surface area contributed by atoms with Crippen LogP contribution in [0.5, 0.6) is 0 Å². The lowest BCUT2D eigenvalue weighted by atomic mass is 9.61. The van der Waals surface area contributed by atoms with Crippen molar-refractivity contribution in [2.45, 2.75) is 48.0 Å². The average molecular weight is 369 g/mol. The van der Waals surface area contributed by atoms with E-state index in [9.17, 15) is 9.90 Å². The van der Waals surface area contributed by atoms with E-state index in [1.807, 2.05) is 36.4 Å². The Balaban J connectivity index is 2.20. The van der Waals surface area contributed by atoms with E-state index in [4.69, 9.17) is 4.74 Å². The largest absolute Gasteiger partial charge is 0.508 e. The number of rotatable bonds is 4. The molecule has 1 aromatic rings. The van der Waals surface area contributed by atoms with Crippen molar-refractivity contribution in [1.82, 2.24) is 0 Å². The Labute approximate surface area is 163 Å². The van der Waals surface area contributed by atoms with Gasteiger partial charge in [0.15, 0.2) is 0 Å². The van der Waals surface area contributed by atoms with Crippen LogP contribution in [0.25, 0.3) is 6.08 Å². The van der Waals surface area contributed by atoms with Crippen molar-refractivity contribution in [3.05, 3.63) is 65.5 Å². The minimum absolute atomic E-state index is 0.135. The maximum Gasteiger partial charge on any atom is 0.330 e. The molecular weight excluding hydrogens is 336 g/mol. The third-order valence-electron chi connectivity index (χ3n) is 5.34. The third-order valence-corrected chi connectivity index (χ3v) is 5.34. The molecule has 0 saturated heterocycles. The normalized spacial score (nSPS) is 21.0. The summed E-state index contributed by atoms with van der Waals surface area (Å²) in [7, 11) is 0. The zero-order valence-electron chi connectivity index (χ0n) is 17.4. The van der Waals surface area contributed by atoms with Gasteiger partial charge in [-0.05, 0) is 40.5 Å². The molecule has 1 aliphatic carbocycles. The predicted octanol–water partition coefficient (Wildman–Crippen LogP) is 6.09. The van der Waals surface area contributed by atoms with E-state index in [1.54, 1.807) is 6.08 Å². The minimum Gasteiger partial charge on any atom is -0.508 e. The lowest BCUT2D eigenvalue weighted by Crippen LogP contribution is -2.41. The van der Waals surface area contributed by atoms with Crippen molar-refractivity contribution in [1.29, 1.82) is 0 Å². The van der Waals surface area contributed by atoms with Crippen LogP contribution >= 0.6 is 0 Å². The van der Waals surface area contributed by atoms with E-state index < -0.39 is 0 Å². The van der Waals surface area contributed by atoms with Crippen molar-refractivity contribution < 1.29 is 14.6 Å². The van der Waals surface area contributed by atoms with Gasteiger partial charge < -0.3 is 9.84 Å². The Kier molecular flexibility index (Phi) is 6.04. The lowest BCUT2D eigenvalue weighted by molar-refractivity contribution is -0.142. The van der Waals surface area contributed by atoms with Crippen LogP contribution in [0.4, 0.5) is 0 Å². The van der Waals surface area contributed by atoms with Crippen molar-refractivity contribution in [2.24, 2.45) is 16.2 Å². The Morgan fingerprint density at radius 1 is 1.15 bits per heavy atom. The molecule has 146 valence electrons. The first-order chi connectivity index (χ1) is 12.4. The highest BCUT2D eigenvalue weighted by Crippen LogP contribution is 2.49. The van der Waals surface area contributed by atoms with Gasteiger partial charge in [-0.25, -0.2) is 4.79 Å². The fourth-order valence-electron chi connectivity index (χ4n) is 3.21. The minimum atomic E-state index is -0.363. The van der Waals surface area contributed by atoms with Crippen LogP contribution in [-0.4, -0.2) is 17.7 Å². The second kappa shape index (κ2) is 7.75. The number of allylic oxidation sites excluding steroid dienone is 2. The summed E-state index contributed by atoms with van der Waals surface area (Å²) in [4.78, 5) is 12.3. The Morgan fingerprint density at radius 2 is 1.78 bits per heavy atom. The van der Waals surface area contributed by atoms with Crippen molar-refractivity contribution >= 4 is 12.0 Å². The van der Waals surface area contributed by atoms with Gasteiger partial charge in [-0.2, -0.15) is 0 Å². The van der Waals surface area contributed by atoms with Gasteiger partial charge in [0, 0.05) is 11.5 Å². The molecule has 2 rings (SSSR count). The van der Waals surface area contributed by atoms with Crippen LogP contribution in [0.2, 0.25) is 0 Å². The molecule has 27 heavy (non-hydrogen) atoms. The van der Waals surface area contributed by atoms with Crippen LogP contribution < -0.4 is 0 Å². The highest BCUT2D eigenvalue weighted by Gasteiger charge is 2.44. The molecule has 0 aliphatic heterocycles. The van der Waals surface area contributed by atoms with E-state index in [0.717, 1.165) is 11.1 Å². The number of benzene rings is 1. The summed E-state index contributed by atoms with van der Waals surface area (Å²) in [5.41, 5.74) is 1.18. The lowest BCUT2D eigenvalue weighted by Gasteiger charge is -2.45. The van der Waals surface area contributed by atoms with Crippen LogP contribution in [0.3, 0.4) is 0 Å².